The maximum atomic E-state index is 12.6. The molecule has 2 atom stereocenters. The highest BCUT2D eigenvalue weighted by molar-refractivity contribution is 5.80. The molecule has 0 bridgehead atoms. The van der Waals surface area contributed by atoms with Crippen molar-refractivity contribution in [3.05, 3.63) is 47.3 Å². The van der Waals surface area contributed by atoms with Gasteiger partial charge in [0.15, 0.2) is 0 Å². The largest absolute Gasteiger partial charge is 0.466 e. The Morgan fingerprint density at radius 3 is 1.50 bits per heavy atom. The van der Waals surface area contributed by atoms with Crippen molar-refractivity contribution < 1.29 is 13.6 Å². The fraction of sp³-hybridized carbons (Fsp3) is 0.571. The lowest BCUT2D eigenvalue weighted by atomic mass is 9.90. The molecule has 2 aromatic rings. The van der Waals surface area contributed by atoms with Gasteiger partial charge in [-0.3, -0.25) is 4.79 Å². The van der Waals surface area contributed by atoms with Gasteiger partial charge in [0.25, 0.3) is 0 Å². The minimum atomic E-state index is 0.179. The Morgan fingerprint density at radius 2 is 1.21 bits per heavy atom. The van der Waals surface area contributed by atoms with Gasteiger partial charge in [0.2, 0.25) is 0 Å². The van der Waals surface area contributed by atoms with Crippen LogP contribution >= 0.6 is 0 Å². The summed E-state index contributed by atoms with van der Waals surface area (Å²) in [6.07, 6.45) is 4.71. The molecule has 132 valence electrons. The zero-order chi connectivity index (χ0) is 17.5. The monoisotopic (exact) mass is 330 g/mol. The van der Waals surface area contributed by atoms with Crippen LogP contribution in [-0.4, -0.2) is 5.78 Å². The average Bonchev–Trinajstić information content (AvgIpc) is 3.26. The van der Waals surface area contributed by atoms with Gasteiger partial charge < -0.3 is 8.83 Å². The maximum absolute atomic E-state index is 12.6. The molecule has 0 saturated heterocycles. The van der Waals surface area contributed by atoms with Crippen LogP contribution in [0.4, 0.5) is 0 Å². The molecule has 0 amide bonds. The Hall–Kier alpha value is -1.77. The summed E-state index contributed by atoms with van der Waals surface area (Å²) in [5.74, 6) is 4.52. The standard InChI is InChI=1S/C21H30O3/c1-5-15(20-11-9-18(7-3)23-20)13-17(22)14-16(6-2)21-12-10-19(8-4)24-21/h9-12,15-16H,5-8,13-14H2,1-4H3. The summed E-state index contributed by atoms with van der Waals surface area (Å²) in [4.78, 5) is 12.6. The van der Waals surface area contributed by atoms with Crippen LogP contribution in [-0.2, 0) is 17.6 Å². The highest BCUT2D eigenvalue weighted by atomic mass is 16.3. The second kappa shape index (κ2) is 8.91. The highest BCUT2D eigenvalue weighted by Crippen LogP contribution is 2.30. The first kappa shape index (κ1) is 18.6. The Morgan fingerprint density at radius 1 is 0.792 bits per heavy atom. The number of hydrogen-bond acceptors (Lipinski definition) is 3. The van der Waals surface area contributed by atoms with Crippen molar-refractivity contribution in [3.63, 3.8) is 0 Å². The number of carbonyl (C=O) groups is 1. The van der Waals surface area contributed by atoms with E-state index in [-0.39, 0.29) is 17.6 Å². The second-order valence-corrected chi connectivity index (χ2v) is 6.47. The van der Waals surface area contributed by atoms with Crippen molar-refractivity contribution in [2.24, 2.45) is 0 Å². The number of rotatable bonds is 10. The Kier molecular flexibility index (Phi) is 6.89. The van der Waals surface area contributed by atoms with E-state index in [9.17, 15) is 4.79 Å². The summed E-state index contributed by atoms with van der Waals surface area (Å²) in [7, 11) is 0. The van der Waals surface area contributed by atoms with Crippen molar-refractivity contribution in [2.75, 3.05) is 0 Å². The van der Waals surface area contributed by atoms with Gasteiger partial charge in [0, 0.05) is 37.5 Å². The summed E-state index contributed by atoms with van der Waals surface area (Å²) in [5, 5.41) is 0. The summed E-state index contributed by atoms with van der Waals surface area (Å²) >= 11 is 0. The van der Waals surface area contributed by atoms with Crippen LogP contribution in [0.5, 0.6) is 0 Å². The molecule has 0 N–H and O–H groups in total. The summed E-state index contributed by atoms with van der Waals surface area (Å²) in [6.45, 7) is 8.38. The summed E-state index contributed by atoms with van der Waals surface area (Å²) in [6, 6.07) is 8.09. The van der Waals surface area contributed by atoms with Gasteiger partial charge in [0.1, 0.15) is 28.8 Å². The molecule has 24 heavy (non-hydrogen) atoms. The lowest BCUT2D eigenvalue weighted by Gasteiger charge is -2.15. The number of furan rings is 2. The van der Waals surface area contributed by atoms with Crippen molar-refractivity contribution in [2.45, 2.75) is 78.1 Å². The van der Waals surface area contributed by atoms with Gasteiger partial charge >= 0.3 is 0 Å². The highest BCUT2D eigenvalue weighted by Gasteiger charge is 2.22. The number of aryl methyl sites for hydroxylation is 2. The average molecular weight is 330 g/mol. The van der Waals surface area contributed by atoms with Crippen molar-refractivity contribution in [1.82, 2.24) is 0 Å². The molecule has 0 spiro atoms. The number of Topliss-reactive ketones (excluding diaryl/α,β-unsaturated/α-hetero) is 1. The molecule has 2 heterocycles. The van der Waals surface area contributed by atoms with Gasteiger partial charge in [-0.2, -0.15) is 0 Å². The maximum Gasteiger partial charge on any atom is 0.134 e. The Bertz CT molecular complexity index is 581. The number of carbonyl (C=O) groups excluding carboxylic acids is 1. The van der Waals surface area contributed by atoms with Crippen LogP contribution in [0.1, 0.15) is 88.3 Å². The minimum Gasteiger partial charge on any atom is -0.466 e. The van der Waals surface area contributed by atoms with Gasteiger partial charge in [-0.25, -0.2) is 0 Å². The van der Waals surface area contributed by atoms with Gasteiger partial charge in [-0.05, 0) is 37.1 Å². The van der Waals surface area contributed by atoms with Gasteiger partial charge in [-0.15, -0.1) is 0 Å². The van der Waals surface area contributed by atoms with Crippen LogP contribution in [0, 0.1) is 0 Å². The lowest BCUT2D eigenvalue weighted by molar-refractivity contribution is -0.120. The first-order valence-corrected chi connectivity index (χ1v) is 9.29. The van der Waals surface area contributed by atoms with E-state index in [4.69, 9.17) is 8.83 Å². The van der Waals surface area contributed by atoms with E-state index in [1.807, 2.05) is 24.3 Å². The molecule has 0 aromatic carbocycles. The first-order valence-electron chi connectivity index (χ1n) is 9.29. The molecule has 0 aliphatic carbocycles. The molecular formula is C21H30O3. The molecule has 0 aliphatic heterocycles. The molecule has 3 nitrogen and oxygen atoms in total. The predicted molar refractivity (Wildman–Crippen MR) is 96.5 cm³/mol. The normalized spacial score (nSPS) is 13.8. The smallest absolute Gasteiger partial charge is 0.134 e. The van der Waals surface area contributed by atoms with E-state index in [0.29, 0.717) is 12.8 Å². The molecule has 0 saturated carbocycles. The quantitative estimate of drug-likeness (QED) is 0.534. The van der Waals surface area contributed by atoms with E-state index in [1.54, 1.807) is 0 Å². The van der Waals surface area contributed by atoms with E-state index in [0.717, 1.165) is 48.7 Å². The van der Waals surface area contributed by atoms with Crippen LogP contribution < -0.4 is 0 Å². The third-order valence-corrected chi connectivity index (χ3v) is 4.80. The third kappa shape index (κ3) is 4.62. The zero-order valence-electron chi connectivity index (χ0n) is 15.4. The van der Waals surface area contributed by atoms with Crippen molar-refractivity contribution in [3.8, 4) is 0 Å². The van der Waals surface area contributed by atoms with Crippen LogP contribution in [0.15, 0.2) is 33.1 Å². The summed E-state index contributed by atoms with van der Waals surface area (Å²) < 4.78 is 11.7. The summed E-state index contributed by atoms with van der Waals surface area (Å²) in [5.41, 5.74) is 0. The zero-order valence-corrected chi connectivity index (χ0v) is 15.4. The van der Waals surface area contributed by atoms with Crippen LogP contribution in [0.25, 0.3) is 0 Å². The topological polar surface area (TPSA) is 43.4 Å². The Labute approximate surface area is 145 Å². The predicted octanol–water partition coefficient (Wildman–Crippen LogP) is 6.03. The van der Waals surface area contributed by atoms with Gasteiger partial charge in [-0.1, -0.05) is 27.7 Å². The molecule has 3 heteroatoms. The molecule has 2 rings (SSSR count). The van der Waals surface area contributed by atoms with E-state index in [2.05, 4.69) is 27.7 Å². The van der Waals surface area contributed by atoms with Crippen LogP contribution in [0.3, 0.4) is 0 Å². The molecule has 0 aliphatic rings. The second-order valence-electron chi connectivity index (χ2n) is 6.47. The number of ketones is 1. The fourth-order valence-electron chi connectivity index (χ4n) is 3.13. The van der Waals surface area contributed by atoms with Gasteiger partial charge in [0.05, 0.1) is 0 Å². The SMILES string of the molecule is CCc1ccc(C(CC)CC(=O)CC(CC)c2ccc(CC)o2)o1. The van der Waals surface area contributed by atoms with E-state index in [1.165, 1.54) is 0 Å². The molecule has 2 aromatic heterocycles. The van der Waals surface area contributed by atoms with Crippen molar-refractivity contribution >= 4 is 5.78 Å². The number of hydrogen-bond donors (Lipinski definition) is 0. The third-order valence-electron chi connectivity index (χ3n) is 4.80. The Balaban J connectivity index is 1.98. The first-order chi connectivity index (χ1) is 11.6. The molecule has 2 unspecified atom stereocenters. The van der Waals surface area contributed by atoms with Crippen LogP contribution in [0.2, 0.25) is 0 Å². The fourth-order valence-corrected chi connectivity index (χ4v) is 3.13. The molecular weight excluding hydrogens is 300 g/mol. The molecule has 0 fully saturated rings. The molecule has 0 radical (unpaired) electrons. The van der Waals surface area contributed by atoms with E-state index < -0.39 is 0 Å². The minimum absolute atomic E-state index is 0.179. The van der Waals surface area contributed by atoms with Crippen molar-refractivity contribution in [1.29, 1.82) is 0 Å². The lowest BCUT2D eigenvalue weighted by Crippen LogP contribution is -2.10. The van der Waals surface area contributed by atoms with E-state index >= 15 is 0 Å².